The van der Waals surface area contributed by atoms with Crippen LogP contribution in [0, 0.1) is 5.92 Å². The number of allylic oxidation sites excluding steroid dienone is 4. The van der Waals surface area contributed by atoms with Gasteiger partial charge in [-0.25, -0.2) is 4.79 Å². The molecule has 0 aromatic heterocycles. The molecule has 0 aliphatic heterocycles. The predicted octanol–water partition coefficient (Wildman–Crippen LogP) is 3.73. The monoisotopic (exact) mass is 306 g/mol. The Morgan fingerprint density at radius 1 is 1.09 bits per heavy atom. The van der Waals surface area contributed by atoms with Gasteiger partial charge in [0.2, 0.25) is 0 Å². The molecule has 4 heteroatoms. The van der Waals surface area contributed by atoms with E-state index >= 15 is 0 Å². The van der Waals surface area contributed by atoms with Gasteiger partial charge in [-0.1, -0.05) is 50.5 Å². The molecule has 22 heavy (non-hydrogen) atoms. The highest BCUT2D eigenvalue weighted by Crippen LogP contribution is 2.22. The number of unbranched alkanes of at least 4 members (excludes halogenated alkanes) is 2. The van der Waals surface area contributed by atoms with Gasteiger partial charge < -0.3 is 9.47 Å². The third-order valence-electron chi connectivity index (χ3n) is 3.34. The summed E-state index contributed by atoms with van der Waals surface area (Å²) in [5.41, 5.74) is 1.25. The van der Waals surface area contributed by atoms with Crippen molar-refractivity contribution in [3.05, 3.63) is 35.5 Å². The Morgan fingerprint density at radius 3 is 2.36 bits per heavy atom. The normalized spacial score (nSPS) is 17.3. The second-order valence-electron chi connectivity index (χ2n) is 5.38. The molecule has 0 amide bonds. The number of rotatable bonds is 8. The highest BCUT2D eigenvalue weighted by Gasteiger charge is 2.28. The van der Waals surface area contributed by atoms with E-state index in [2.05, 4.69) is 0 Å². The average molecular weight is 306 g/mol. The Hall–Kier alpha value is -1.84. The summed E-state index contributed by atoms with van der Waals surface area (Å²) in [4.78, 5) is 24.5. The van der Waals surface area contributed by atoms with Gasteiger partial charge in [-0.15, -0.1) is 0 Å². The number of hydrogen-bond donors (Lipinski definition) is 0. The summed E-state index contributed by atoms with van der Waals surface area (Å²) in [6, 6.07) is 0. The predicted molar refractivity (Wildman–Crippen MR) is 86.2 cm³/mol. The van der Waals surface area contributed by atoms with Crippen LogP contribution < -0.4 is 0 Å². The lowest BCUT2D eigenvalue weighted by atomic mass is 9.98. The summed E-state index contributed by atoms with van der Waals surface area (Å²) >= 11 is 0. The summed E-state index contributed by atoms with van der Waals surface area (Å²) < 4.78 is 10.5. The zero-order chi connectivity index (χ0) is 16.4. The molecule has 1 aliphatic carbocycles. The standard InChI is InChI=1S/C18H26O4/c1-4-6-11-21-17(19)15-10-8-9-14(3)13-16(15)18(20)22-12-7-5-2/h8-10,13,15H,4-7,11-12H2,1-3H3. The first kappa shape index (κ1) is 18.2. The van der Waals surface area contributed by atoms with Crippen LogP contribution in [0.15, 0.2) is 35.5 Å². The van der Waals surface area contributed by atoms with Crippen molar-refractivity contribution in [2.45, 2.75) is 46.5 Å². The Kier molecular flexibility index (Phi) is 8.26. The van der Waals surface area contributed by atoms with Crippen LogP contribution in [-0.2, 0) is 19.1 Å². The molecular weight excluding hydrogens is 280 g/mol. The fraction of sp³-hybridized carbons (Fsp3) is 0.556. The molecule has 4 nitrogen and oxygen atoms in total. The lowest BCUT2D eigenvalue weighted by molar-refractivity contribution is -0.149. The van der Waals surface area contributed by atoms with E-state index in [1.165, 1.54) is 0 Å². The summed E-state index contributed by atoms with van der Waals surface area (Å²) in [5.74, 6) is -1.53. The molecular formula is C18H26O4. The molecule has 0 spiro atoms. The lowest BCUT2D eigenvalue weighted by Gasteiger charge is -2.15. The van der Waals surface area contributed by atoms with Crippen molar-refractivity contribution >= 4 is 11.9 Å². The Morgan fingerprint density at radius 2 is 1.73 bits per heavy atom. The molecule has 0 fully saturated rings. The number of carbonyl (C=O) groups excluding carboxylic acids is 2. The van der Waals surface area contributed by atoms with Crippen LogP contribution >= 0.6 is 0 Å². The van der Waals surface area contributed by atoms with Crippen LogP contribution in [0.5, 0.6) is 0 Å². The van der Waals surface area contributed by atoms with Gasteiger partial charge in [0.25, 0.3) is 0 Å². The Balaban J connectivity index is 2.81. The van der Waals surface area contributed by atoms with Gasteiger partial charge >= 0.3 is 11.9 Å². The number of hydrogen-bond acceptors (Lipinski definition) is 4. The second-order valence-corrected chi connectivity index (χ2v) is 5.38. The van der Waals surface area contributed by atoms with E-state index < -0.39 is 17.9 Å². The van der Waals surface area contributed by atoms with Gasteiger partial charge in [0.05, 0.1) is 18.8 Å². The topological polar surface area (TPSA) is 52.6 Å². The Labute approximate surface area is 132 Å². The zero-order valence-electron chi connectivity index (χ0n) is 13.8. The molecule has 0 aromatic rings. The van der Waals surface area contributed by atoms with Gasteiger partial charge in [0.15, 0.2) is 0 Å². The summed E-state index contributed by atoms with van der Waals surface area (Å²) in [7, 11) is 0. The van der Waals surface area contributed by atoms with Crippen LogP contribution in [0.4, 0.5) is 0 Å². The minimum atomic E-state index is -0.695. The van der Waals surface area contributed by atoms with Crippen molar-refractivity contribution in [1.82, 2.24) is 0 Å². The molecule has 122 valence electrons. The SMILES string of the molecule is CCCCOC(=O)C1=CC(C)=CC=CC1C(=O)OCCCC. The largest absolute Gasteiger partial charge is 0.465 e. The average Bonchev–Trinajstić information content (AvgIpc) is 2.69. The first-order valence-corrected chi connectivity index (χ1v) is 8.00. The Bertz CT molecular complexity index is 471. The highest BCUT2D eigenvalue weighted by molar-refractivity contribution is 5.97. The van der Waals surface area contributed by atoms with Crippen LogP contribution in [0.1, 0.15) is 46.5 Å². The minimum Gasteiger partial charge on any atom is -0.465 e. The smallest absolute Gasteiger partial charge is 0.335 e. The maximum absolute atomic E-state index is 12.3. The van der Waals surface area contributed by atoms with Crippen LogP contribution in [0.3, 0.4) is 0 Å². The van der Waals surface area contributed by atoms with Gasteiger partial charge in [-0.05, 0) is 25.8 Å². The number of esters is 2. The van der Waals surface area contributed by atoms with Crippen LogP contribution in [-0.4, -0.2) is 25.2 Å². The van der Waals surface area contributed by atoms with Crippen LogP contribution in [0.2, 0.25) is 0 Å². The fourth-order valence-corrected chi connectivity index (χ4v) is 2.00. The molecule has 0 heterocycles. The van der Waals surface area contributed by atoms with E-state index in [4.69, 9.17) is 9.47 Å². The molecule has 1 rings (SSSR count). The van der Waals surface area contributed by atoms with E-state index in [0.717, 1.165) is 31.3 Å². The van der Waals surface area contributed by atoms with Crippen molar-refractivity contribution in [2.24, 2.45) is 5.92 Å². The maximum Gasteiger partial charge on any atom is 0.335 e. The number of ether oxygens (including phenoxy) is 2. The highest BCUT2D eigenvalue weighted by atomic mass is 16.5. The first-order chi connectivity index (χ1) is 10.6. The van der Waals surface area contributed by atoms with Crippen molar-refractivity contribution in [2.75, 3.05) is 13.2 Å². The molecule has 1 atom stereocenters. The van der Waals surface area contributed by atoms with E-state index in [1.807, 2.05) is 26.8 Å². The molecule has 0 saturated heterocycles. The van der Waals surface area contributed by atoms with Crippen LogP contribution in [0.25, 0.3) is 0 Å². The van der Waals surface area contributed by atoms with Crippen molar-refractivity contribution < 1.29 is 19.1 Å². The van der Waals surface area contributed by atoms with Gasteiger partial charge in [0, 0.05) is 0 Å². The second kappa shape index (κ2) is 9.98. The van der Waals surface area contributed by atoms with E-state index in [1.54, 1.807) is 18.2 Å². The van der Waals surface area contributed by atoms with Gasteiger partial charge in [-0.3, -0.25) is 4.79 Å². The van der Waals surface area contributed by atoms with Gasteiger partial charge in [-0.2, -0.15) is 0 Å². The zero-order valence-corrected chi connectivity index (χ0v) is 13.8. The summed E-state index contributed by atoms with van der Waals surface area (Å²) in [5, 5.41) is 0. The summed E-state index contributed by atoms with van der Waals surface area (Å²) in [6.45, 7) is 6.70. The molecule has 0 bridgehead atoms. The third-order valence-corrected chi connectivity index (χ3v) is 3.34. The van der Waals surface area contributed by atoms with Crippen molar-refractivity contribution in [3.8, 4) is 0 Å². The lowest BCUT2D eigenvalue weighted by Crippen LogP contribution is -2.24. The van der Waals surface area contributed by atoms with Crippen molar-refractivity contribution in [1.29, 1.82) is 0 Å². The van der Waals surface area contributed by atoms with Gasteiger partial charge in [0.1, 0.15) is 5.92 Å². The minimum absolute atomic E-state index is 0.347. The quantitative estimate of drug-likeness (QED) is 0.506. The van der Waals surface area contributed by atoms with E-state index in [0.29, 0.717) is 18.8 Å². The molecule has 0 aromatic carbocycles. The van der Waals surface area contributed by atoms with E-state index in [-0.39, 0.29) is 0 Å². The fourth-order valence-electron chi connectivity index (χ4n) is 2.00. The molecule has 0 N–H and O–H groups in total. The molecule has 1 aliphatic rings. The third kappa shape index (κ3) is 5.88. The molecule has 0 saturated carbocycles. The summed E-state index contributed by atoms with van der Waals surface area (Å²) in [6.07, 6.45) is 10.6. The van der Waals surface area contributed by atoms with Crippen molar-refractivity contribution in [3.63, 3.8) is 0 Å². The number of carbonyl (C=O) groups is 2. The molecule has 0 radical (unpaired) electrons. The maximum atomic E-state index is 12.3. The van der Waals surface area contributed by atoms with E-state index in [9.17, 15) is 9.59 Å². The first-order valence-electron chi connectivity index (χ1n) is 8.00. The molecule has 1 unspecified atom stereocenters.